The predicted octanol–water partition coefficient (Wildman–Crippen LogP) is 6.21. The van der Waals surface area contributed by atoms with Crippen LogP contribution >= 0.6 is 22.9 Å². The van der Waals surface area contributed by atoms with E-state index in [4.69, 9.17) is 25.8 Å². The van der Waals surface area contributed by atoms with E-state index in [0.29, 0.717) is 53.5 Å². The Morgan fingerprint density at radius 1 is 1.17 bits per heavy atom. The predicted molar refractivity (Wildman–Crippen MR) is 138 cm³/mol. The summed E-state index contributed by atoms with van der Waals surface area (Å²) in [6.07, 6.45) is 3.66. The number of hydrogen-bond acceptors (Lipinski definition) is 7. The zero-order chi connectivity index (χ0) is 25.2. The zero-order valence-electron chi connectivity index (χ0n) is 19.8. The van der Waals surface area contributed by atoms with Crippen molar-refractivity contribution < 1.29 is 19.0 Å². The van der Waals surface area contributed by atoms with Gasteiger partial charge in [-0.2, -0.15) is 5.26 Å². The first-order chi connectivity index (χ1) is 16.9. The van der Waals surface area contributed by atoms with Gasteiger partial charge in [0, 0.05) is 18.0 Å². The fraction of sp³-hybridized carbons (Fsp3) is 0.269. The first-order valence-electron chi connectivity index (χ1n) is 11.0. The lowest BCUT2D eigenvalue weighted by molar-refractivity contribution is -0.112. The summed E-state index contributed by atoms with van der Waals surface area (Å²) in [4.78, 5) is 16.4. The van der Waals surface area contributed by atoms with Crippen molar-refractivity contribution in [2.45, 2.75) is 27.2 Å². The van der Waals surface area contributed by atoms with Gasteiger partial charge in [-0.05, 0) is 61.7 Å². The highest BCUT2D eigenvalue weighted by molar-refractivity contribution is 7.13. The van der Waals surface area contributed by atoms with E-state index in [1.807, 2.05) is 45.0 Å². The Hall–Kier alpha value is -3.54. The van der Waals surface area contributed by atoms with E-state index in [9.17, 15) is 10.1 Å². The number of rotatable bonds is 11. The molecule has 0 spiro atoms. The molecule has 0 aliphatic heterocycles. The number of nitrogens with zero attached hydrogens (tertiary/aromatic N) is 2. The first-order valence-corrected chi connectivity index (χ1v) is 12.3. The molecule has 1 heterocycles. The lowest BCUT2D eigenvalue weighted by atomic mass is 10.1. The summed E-state index contributed by atoms with van der Waals surface area (Å²) in [6, 6.07) is 11.3. The number of aromatic nitrogens is 1. The molecule has 0 aliphatic carbocycles. The van der Waals surface area contributed by atoms with Crippen molar-refractivity contribution in [2.75, 3.05) is 25.1 Å². The number of halogens is 1. The Kier molecular flexibility index (Phi) is 9.53. The van der Waals surface area contributed by atoms with Crippen molar-refractivity contribution in [2.24, 2.45) is 0 Å². The maximum Gasteiger partial charge on any atom is 0.268 e. The van der Waals surface area contributed by atoms with Crippen molar-refractivity contribution in [3.63, 3.8) is 0 Å². The fourth-order valence-electron chi connectivity index (χ4n) is 3.12. The minimum absolute atomic E-state index is 0.0871. The largest absolute Gasteiger partial charge is 0.493 e. The number of amides is 1. The Morgan fingerprint density at radius 2 is 1.97 bits per heavy atom. The van der Waals surface area contributed by atoms with E-state index >= 15 is 0 Å². The van der Waals surface area contributed by atoms with Crippen LogP contribution < -0.4 is 19.5 Å². The summed E-state index contributed by atoms with van der Waals surface area (Å²) in [5, 5.41) is 14.5. The maximum absolute atomic E-state index is 12.4. The van der Waals surface area contributed by atoms with E-state index in [2.05, 4.69) is 10.3 Å². The Morgan fingerprint density at radius 3 is 2.69 bits per heavy atom. The molecule has 0 fully saturated rings. The molecule has 7 nitrogen and oxygen atoms in total. The van der Waals surface area contributed by atoms with Crippen LogP contribution in [0, 0.1) is 25.2 Å². The van der Waals surface area contributed by atoms with Crippen LogP contribution in [-0.2, 0) is 4.79 Å². The molecule has 0 radical (unpaired) electrons. The van der Waals surface area contributed by atoms with Crippen LogP contribution in [0.4, 0.5) is 5.13 Å². The molecule has 3 rings (SSSR count). The highest BCUT2D eigenvalue weighted by Crippen LogP contribution is 2.37. The van der Waals surface area contributed by atoms with Crippen molar-refractivity contribution in [3.05, 3.63) is 69.2 Å². The number of carbonyl (C=O) groups excluding carboxylic acids is 1. The van der Waals surface area contributed by atoms with Gasteiger partial charge in [0.25, 0.3) is 5.91 Å². The molecule has 0 saturated carbocycles. The number of ether oxygens (including phenoxy) is 3. The number of thiazole rings is 1. The van der Waals surface area contributed by atoms with Crippen LogP contribution in [0.15, 0.2) is 47.5 Å². The molecular formula is C26H26ClN3O4S. The summed E-state index contributed by atoms with van der Waals surface area (Å²) in [5.41, 5.74) is 2.68. The van der Waals surface area contributed by atoms with Crippen LogP contribution in [0.25, 0.3) is 6.08 Å². The topological polar surface area (TPSA) is 93.5 Å². The number of carbonyl (C=O) groups is 1. The molecule has 3 aromatic rings. The minimum Gasteiger partial charge on any atom is -0.493 e. The zero-order valence-corrected chi connectivity index (χ0v) is 21.3. The molecular weight excluding hydrogens is 486 g/mol. The average Bonchev–Trinajstić information content (AvgIpc) is 3.34. The quantitative estimate of drug-likeness (QED) is 0.187. The molecule has 9 heteroatoms. The van der Waals surface area contributed by atoms with Gasteiger partial charge in [-0.25, -0.2) is 4.98 Å². The van der Waals surface area contributed by atoms with E-state index in [1.165, 1.54) is 17.4 Å². The molecule has 0 saturated heterocycles. The summed E-state index contributed by atoms with van der Waals surface area (Å²) in [5.74, 6) is 1.14. The second-order valence-corrected chi connectivity index (χ2v) is 8.85. The smallest absolute Gasteiger partial charge is 0.268 e. The third-order valence-electron chi connectivity index (χ3n) is 4.80. The summed E-state index contributed by atoms with van der Waals surface area (Å²) in [6.45, 7) is 7.14. The van der Waals surface area contributed by atoms with Crippen molar-refractivity contribution >= 4 is 40.1 Å². The average molecular weight is 512 g/mol. The lowest BCUT2D eigenvalue weighted by Gasteiger charge is -2.15. The number of nitriles is 1. The molecule has 182 valence electrons. The van der Waals surface area contributed by atoms with Crippen molar-refractivity contribution in [1.82, 2.24) is 4.98 Å². The Balaban J connectivity index is 1.66. The van der Waals surface area contributed by atoms with E-state index < -0.39 is 5.91 Å². The van der Waals surface area contributed by atoms with E-state index in [0.717, 1.165) is 16.9 Å². The third kappa shape index (κ3) is 7.47. The van der Waals surface area contributed by atoms with Gasteiger partial charge in [0.05, 0.1) is 24.8 Å². The van der Waals surface area contributed by atoms with Crippen LogP contribution in [-0.4, -0.2) is 30.7 Å². The molecule has 0 aliphatic rings. The lowest BCUT2D eigenvalue weighted by Crippen LogP contribution is -2.13. The molecule has 0 atom stereocenters. The summed E-state index contributed by atoms with van der Waals surface area (Å²) >= 11 is 7.74. The SMILES string of the molecule is CCOc1cc(/C=C(/C#N)C(=O)Nc2nccs2)cc(Cl)c1OCCCOc1cc(C)ccc1C. The van der Waals surface area contributed by atoms with Crippen LogP contribution in [0.2, 0.25) is 5.02 Å². The van der Waals surface area contributed by atoms with E-state index in [1.54, 1.807) is 23.7 Å². The highest BCUT2D eigenvalue weighted by atomic mass is 35.5. The Labute approximate surface area is 213 Å². The second kappa shape index (κ2) is 12.8. The first kappa shape index (κ1) is 26.1. The normalized spacial score (nSPS) is 11.0. The number of nitrogens with one attached hydrogen (secondary N) is 1. The van der Waals surface area contributed by atoms with E-state index in [-0.39, 0.29) is 5.57 Å². The molecule has 1 aromatic heterocycles. The number of anilines is 1. The van der Waals surface area contributed by atoms with Crippen LogP contribution in [0.5, 0.6) is 17.2 Å². The molecule has 1 N–H and O–H groups in total. The standard InChI is InChI=1S/C26H26ClN3O4S/c1-4-32-23-15-19(13-20(16-28)25(31)30-26-29-8-11-35-26)14-21(27)24(23)34-10-5-9-33-22-12-17(2)6-7-18(22)3/h6-8,11-15H,4-5,9-10H2,1-3H3,(H,29,30,31)/b20-13-. The third-order valence-corrected chi connectivity index (χ3v) is 5.77. The summed E-state index contributed by atoms with van der Waals surface area (Å²) < 4.78 is 17.5. The number of aryl methyl sites for hydroxylation is 2. The second-order valence-electron chi connectivity index (χ2n) is 7.54. The molecule has 2 aromatic carbocycles. The summed E-state index contributed by atoms with van der Waals surface area (Å²) in [7, 11) is 0. The fourth-order valence-corrected chi connectivity index (χ4v) is 3.91. The van der Waals surface area contributed by atoms with Gasteiger partial charge in [-0.1, -0.05) is 23.7 Å². The van der Waals surface area contributed by atoms with Crippen LogP contribution in [0.3, 0.4) is 0 Å². The Bertz CT molecular complexity index is 1240. The maximum atomic E-state index is 12.4. The van der Waals surface area contributed by atoms with Gasteiger partial charge in [0.2, 0.25) is 0 Å². The van der Waals surface area contributed by atoms with Crippen molar-refractivity contribution in [1.29, 1.82) is 5.26 Å². The molecule has 0 bridgehead atoms. The minimum atomic E-state index is -0.555. The number of benzene rings is 2. The van der Waals surface area contributed by atoms with Gasteiger partial charge in [-0.3, -0.25) is 10.1 Å². The van der Waals surface area contributed by atoms with Gasteiger partial charge in [-0.15, -0.1) is 11.3 Å². The van der Waals surface area contributed by atoms with Crippen LogP contribution in [0.1, 0.15) is 30.0 Å². The monoisotopic (exact) mass is 511 g/mol. The van der Waals surface area contributed by atoms with Gasteiger partial charge in [0.15, 0.2) is 16.6 Å². The van der Waals surface area contributed by atoms with Gasteiger partial charge < -0.3 is 14.2 Å². The molecule has 0 unspecified atom stereocenters. The van der Waals surface area contributed by atoms with Gasteiger partial charge >= 0.3 is 0 Å². The number of hydrogen-bond donors (Lipinski definition) is 1. The highest BCUT2D eigenvalue weighted by Gasteiger charge is 2.15. The van der Waals surface area contributed by atoms with Gasteiger partial charge in [0.1, 0.15) is 17.4 Å². The molecule has 35 heavy (non-hydrogen) atoms. The van der Waals surface area contributed by atoms with Crippen molar-refractivity contribution in [3.8, 4) is 23.3 Å². The molecule has 1 amide bonds.